The van der Waals surface area contributed by atoms with E-state index in [1.165, 1.54) is 19.6 Å². The number of aromatic nitrogens is 2. The van der Waals surface area contributed by atoms with E-state index in [-0.39, 0.29) is 6.42 Å². The summed E-state index contributed by atoms with van der Waals surface area (Å²) in [6.45, 7) is 0.685. The summed E-state index contributed by atoms with van der Waals surface area (Å²) in [6, 6.07) is -1.55. The van der Waals surface area contributed by atoms with E-state index in [0.717, 1.165) is 0 Å². The fourth-order valence-electron chi connectivity index (χ4n) is 1.29. The minimum absolute atomic E-state index is 0.146. The minimum Gasteiger partial charge on any atom is -0.480 e. The first-order valence-electron chi connectivity index (χ1n) is 5.37. The van der Waals surface area contributed by atoms with Gasteiger partial charge in [0.1, 0.15) is 6.04 Å². The number of carbonyl (C=O) groups is 2. The Morgan fingerprint density at radius 3 is 2.94 bits per heavy atom. The van der Waals surface area contributed by atoms with Crippen molar-refractivity contribution in [3.63, 3.8) is 0 Å². The second kappa shape index (κ2) is 7.28. The van der Waals surface area contributed by atoms with Gasteiger partial charge in [-0.15, -0.1) is 0 Å². The number of hydrogen-bond acceptors (Lipinski definition) is 4. The summed E-state index contributed by atoms with van der Waals surface area (Å²) < 4.78 is 4.76. The van der Waals surface area contributed by atoms with Crippen molar-refractivity contribution in [2.75, 3.05) is 20.3 Å². The van der Waals surface area contributed by atoms with Gasteiger partial charge in [0.2, 0.25) is 0 Å². The molecule has 0 radical (unpaired) electrons. The molecule has 0 aliphatic heterocycles. The van der Waals surface area contributed by atoms with E-state index in [4.69, 9.17) is 9.84 Å². The molecule has 0 spiro atoms. The third kappa shape index (κ3) is 4.83. The topological polar surface area (TPSA) is 116 Å². The van der Waals surface area contributed by atoms with Crippen LogP contribution in [0.15, 0.2) is 12.5 Å². The number of aromatic amines is 1. The predicted molar refractivity (Wildman–Crippen MR) is 62.1 cm³/mol. The van der Waals surface area contributed by atoms with Gasteiger partial charge in [-0.25, -0.2) is 14.6 Å². The van der Waals surface area contributed by atoms with Crippen LogP contribution >= 0.6 is 0 Å². The summed E-state index contributed by atoms with van der Waals surface area (Å²) in [5.74, 6) is -1.11. The monoisotopic (exact) mass is 256 g/mol. The molecule has 1 aromatic rings. The van der Waals surface area contributed by atoms with E-state index in [1.807, 2.05) is 0 Å². The van der Waals surface area contributed by atoms with E-state index in [9.17, 15) is 9.59 Å². The standard InChI is InChI=1S/C10H16N4O4/c1-18-3-2-12-10(17)14-8(9(15)16)4-7-5-11-6-13-7/h5-6,8H,2-4H2,1H3,(H,11,13)(H,15,16)(H2,12,14,17)/t8-/m1/s1. The Morgan fingerprint density at radius 1 is 1.61 bits per heavy atom. The number of methoxy groups -OCH3 is 1. The van der Waals surface area contributed by atoms with Crippen LogP contribution in [0.4, 0.5) is 4.79 Å². The first-order valence-corrected chi connectivity index (χ1v) is 5.37. The Morgan fingerprint density at radius 2 is 2.39 bits per heavy atom. The summed E-state index contributed by atoms with van der Waals surface area (Å²) in [4.78, 5) is 28.9. The molecule has 1 heterocycles. The van der Waals surface area contributed by atoms with Gasteiger partial charge >= 0.3 is 12.0 Å². The van der Waals surface area contributed by atoms with Crippen molar-refractivity contribution in [2.45, 2.75) is 12.5 Å². The van der Waals surface area contributed by atoms with Crippen LogP contribution < -0.4 is 10.6 Å². The summed E-state index contributed by atoms with van der Waals surface area (Å²) in [5.41, 5.74) is 0.639. The third-order valence-corrected chi connectivity index (χ3v) is 2.17. The molecular formula is C10H16N4O4. The summed E-state index contributed by atoms with van der Waals surface area (Å²) in [6.07, 6.45) is 3.11. The first kappa shape index (κ1) is 14.0. The molecule has 2 amide bonds. The number of nitrogens with one attached hydrogen (secondary N) is 3. The number of carboxylic acid groups (broad SMARTS) is 1. The highest BCUT2D eigenvalue weighted by atomic mass is 16.5. The van der Waals surface area contributed by atoms with Crippen molar-refractivity contribution in [3.8, 4) is 0 Å². The highest BCUT2D eigenvalue weighted by Gasteiger charge is 2.20. The van der Waals surface area contributed by atoms with Crippen LogP contribution in [0.1, 0.15) is 5.69 Å². The highest BCUT2D eigenvalue weighted by Crippen LogP contribution is 1.98. The van der Waals surface area contributed by atoms with Crippen molar-refractivity contribution in [1.82, 2.24) is 20.6 Å². The Labute approximate surface area is 104 Å². The maximum atomic E-state index is 11.4. The quantitative estimate of drug-likeness (QED) is 0.484. The van der Waals surface area contributed by atoms with Crippen molar-refractivity contribution in [3.05, 3.63) is 18.2 Å². The number of H-pyrrole nitrogens is 1. The van der Waals surface area contributed by atoms with Crippen molar-refractivity contribution in [2.24, 2.45) is 0 Å². The molecule has 0 bridgehead atoms. The van der Waals surface area contributed by atoms with Gasteiger partial charge in [-0.05, 0) is 0 Å². The Kier molecular flexibility index (Phi) is 5.65. The van der Waals surface area contributed by atoms with Gasteiger partial charge in [0.15, 0.2) is 0 Å². The van der Waals surface area contributed by atoms with Crippen LogP contribution in [0.3, 0.4) is 0 Å². The van der Waals surface area contributed by atoms with Gasteiger partial charge in [0.25, 0.3) is 0 Å². The Hall–Kier alpha value is -2.09. The number of aliphatic carboxylic acids is 1. The molecule has 18 heavy (non-hydrogen) atoms. The zero-order chi connectivity index (χ0) is 13.4. The number of imidazole rings is 1. The lowest BCUT2D eigenvalue weighted by molar-refractivity contribution is -0.139. The van der Waals surface area contributed by atoms with Crippen LogP contribution in [0, 0.1) is 0 Å². The molecule has 8 nitrogen and oxygen atoms in total. The average Bonchev–Trinajstić information content (AvgIpc) is 2.81. The molecule has 1 atom stereocenters. The van der Waals surface area contributed by atoms with E-state index in [0.29, 0.717) is 18.8 Å². The lowest BCUT2D eigenvalue weighted by Gasteiger charge is -2.14. The zero-order valence-corrected chi connectivity index (χ0v) is 9.97. The van der Waals surface area contributed by atoms with Crippen LogP contribution in [-0.2, 0) is 16.0 Å². The van der Waals surface area contributed by atoms with Gasteiger partial charge in [0, 0.05) is 32.0 Å². The second-order valence-corrected chi connectivity index (χ2v) is 3.56. The fourth-order valence-corrected chi connectivity index (χ4v) is 1.29. The number of rotatable bonds is 7. The number of urea groups is 1. The van der Waals surface area contributed by atoms with Crippen LogP contribution in [0.2, 0.25) is 0 Å². The maximum absolute atomic E-state index is 11.4. The molecule has 0 saturated carbocycles. The van der Waals surface area contributed by atoms with E-state index in [1.54, 1.807) is 0 Å². The largest absolute Gasteiger partial charge is 0.480 e. The maximum Gasteiger partial charge on any atom is 0.326 e. The summed E-state index contributed by atoms with van der Waals surface area (Å²) in [7, 11) is 1.51. The minimum atomic E-state index is -1.11. The molecule has 1 aromatic heterocycles. The average molecular weight is 256 g/mol. The van der Waals surface area contributed by atoms with Crippen LogP contribution in [-0.4, -0.2) is 53.4 Å². The Balaban J connectivity index is 2.42. The van der Waals surface area contributed by atoms with E-state index < -0.39 is 18.0 Å². The van der Waals surface area contributed by atoms with Crippen LogP contribution in [0.5, 0.6) is 0 Å². The Bertz CT molecular complexity index is 379. The number of carbonyl (C=O) groups excluding carboxylic acids is 1. The van der Waals surface area contributed by atoms with Crippen molar-refractivity contribution < 1.29 is 19.4 Å². The molecule has 0 aliphatic carbocycles. The van der Waals surface area contributed by atoms with E-state index >= 15 is 0 Å². The number of nitrogens with zero attached hydrogens (tertiary/aromatic N) is 1. The number of ether oxygens (including phenoxy) is 1. The smallest absolute Gasteiger partial charge is 0.326 e. The van der Waals surface area contributed by atoms with Gasteiger partial charge in [0.05, 0.1) is 12.9 Å². The first-order chi connectivity index (χ1) is 8.63. The molecule has 0 unspecified atom stereocenters. The molecule has 0 aromatic carbocycles. The molecule has 100 valence electrons. The van der Waals surface area contributed by atoms with Gasteiger partial charge in [-0.3, -0.25) is 0 Å². The number of hydrogen-bond donors (Lipinski definition) is 4. The molecule has 0 aliphatic rings. The van der Waals surface area contributed by atoms with Gasteiger partial charge < -0.3 is 25.5 Å². The second-order valence-electron chi connectivity index (χ2n) is 3.56. The predicted octanol–water partition coefficient (Wildman–Crippen LogP) is -0.649. The molecule has 1 rings (SSSR count). The molecule has 4 N–H and O–H groups in total. The molecule has 0 saturated heterocycles. The summed E-state index contributed by atoms with van der Waals surface area (Å²) >= 11 is 0. The lowest BCUT2D eigenvalue weighted by Crippen LogP contribution is -2.47. The zero-order valence-electron chi connectivity index (χ0n) is 9.97. The number of amides is 2. The normalized spacial score (nSPS) is 11.8. The lowest BCUT2D eigenvalue weighted by atomic mass is 10.2. The molecular weight excluding hydrogens is 240 g/mol. The van der Waals surface area contributed by atoms with E-state index in [2.05, 4.69) is 20.6 Å². The summed E-state index contributed by atoms with van der Waals surface area (Å²) in [5, 5.41) is 13.8. The van der Waals surface area contributed by atoms with Crippen molar-refractivity contribution in [1.29, 1.82) is 0 Å². The SMILES string of the molecule is COCCNC(=O)N[C@H](Cc1cnc[nH]1)C(=O)O. The van der Waals surface area contributed by atoms with Crippen LogP contribution in [0.25, 0.3) is 0 Å². The molecule has 0 fully saturated rings. The van der Waals surface area contributed by atoms with Gasteiger partial charge in [-0.2, -0.15) is 0 Å². The fraction of sp³-hybridized carbons (Fsp3) is 0.500. The van der Waals surface area contributed by atoms with Crippen molar-refractivity contribution >= 4 is 12.0 Å². The van der Waals surface area contributed by atoms with Gasteiger partial charge in [-0.1, -0.05) is 0 Å². The third-order valence-electron chi connectivity index (χ3n) is 2.17. The highest BCUT2D eigenvalue weighted by molar-refractivity contribution is 5.82. The number of carboxylic acids is 1. The molecule has 8 heteroatoms.